The molecule has 0 aliphatic rings. The highest BCUT2D eigenvalue weighted by Gasteiger charge is 2.13. The molecule has 0 atom stereocenters. The Labute approximate surface area is 84.3 Å². The van der Waals surface area contributed by atoms with Crippen LogP contribution in [0.5, 0.6) is 5.75 Å². The van der Waals surface area contributed by atoms with Crippen LogP contribution in [0.1, 0.15) is 29.8 Å². The first kappa shape index (κ1) is 12.5. The number of carbonyl (C=O) groups is 1. The van der Waals surface area contributed by atoms with Gasteiger partial charge in [0, 0.05) is 0 Å². The van der Waals surface area contributed by atoms with Crippen LogP contribution in [0.2, 0.25) is 0 Å². The molecule has 14 heavy (non-hydrogen) atoms. The average Bonchev–Trinajstić information content (AvgIpc) is 2.20. The third kappa shape index (κ3) is 2.76. The zero-order chi connectivity index (χ0) is 11.1. The second-order valence-corrected chi connectivity index (χ2v) is 2.46. The number of ether oxygens (including phenoxy) is 1. The number of rotatable bonds is 1. The highest BCUT2D eigenvalue weighted by atomic mass is 16.5. The van der Waals surface area contributed by atoms with Crippen LogP contribution in [0, 0.1) is 6.92 Å². The Morgan fingerprint density at radius 2 is 1.93 bits per heavy atom. The van der Waals surface area contributed by atoms with E-state index in [1.54, 1.807) is 19.1 Å². The van der Waals surface area contributed by atoms with E-state index in [4.69, 9.17) is 0 Å². The van der Waals surface area contributed by atoms with Crippen molar-refractivity contribution >= 4 is 5.97 Å². The normalized spacial score (nSPS) is 8.57. The summed E-state index contributed by atoms with van der Waals surface area (Å²) in [5.74, 6) is -0.549. The van der Waals surface area contributed by atoms with Crippen LogP contribution in [-0.2, 0) is 4.74 Å². The topological polar surface area (TPSA) is 46.5 Å². The molecule has 0 aliphatic carbocycles. The predicted octanol–water partition coefficient (Wildman–Crippen LogP) is 2.51. The Hall–Kier alpha value is -1.51. The number of phenols is 1. The van der Waals surface area contributed by atoms with Gasteiger partial charge in [0.2, 0.25) is 0 Å². The van der Waals surface area contributed by atoms with Crippen LogP contribution in [-0.4, -0.2) is 18.2 Å². The molecule has 0 spiro atoms. The van der Waals surface area contributed by atoms with Crippen molar-refractivity contribution in [2.75, 3.05) is 7.11 Å². The van der Waals surface area contributed by atoms with Crippen LogP contribution < -0.4 is 0 Å². The maximum absolute atomic E-state index is 11.1. The zero-order valence-electron chi connectivity index (χ0n) is 9.00. The molecular weight excluding hydrogens is 180 g/mol. The van der Waals surface area contributed by atoms with Crippen molar-refractivity contribution in [1.29, 1.82) is 0 Å². The molecule has 0 aliphatic heterocycles. The van der Waals surface area contributed by atoms with Gasteiger partial charge >= 0.3 is 5.97 Å². The highest BCUT2D eigenvalue weighted by molar-refractivity contribution is 5.93. The number of aromatic hydroxyl groups is 1. The first-order valence-corrected chi connectivity index (χ1v) is 4.53. The lowest BCUT2D eigenvalue weighted by Gasteiger charge is -2.04. The van der Waals surface area contributed by atoms with Crippen molar-refractivity contribution in [1.82, 2.24) is 0 Å². The van der Waals surface area contributed by atoms with Gasteiger partial charge in [0.25, 0.3) is 0 Å². The van der Waals surface area contributed by atoms with Crippen molar-refractivity contribution < 1.29 is 14.6 Å². The third-order valence-electron chi connectivity index (χ3n) is 1.64. The van der Waals surface area contributed by atoms with Crippen molar-refractivity contribution in [3.63, 3.8) is 0 Å². The van der Waals surface area contributed by atoms with Crippen molar-refractivity contribution in [2.24, 2.45) is 0 Å². The fourth-order valence-corrected chi connectivity index (χ4v) is 1.02. The first-order valence-electron chi connectivity index (χ1n) is 4.53. The van der Waals surface area contributed by atoms with Gasteiger partial charge < -0.3 is 9.84 Å². The minimum absolute atomic E-state index is 0.0400. The van der Waals surface area contributed by atoms with Gasteiger partial charge in [-0.2, -0.15) is 0 Å². The van der Waals surface area contributed by atoms with Gasteiger partial charge in [-0.25, -0.2) is 4.79 Å². The number of methoxy groups -OCH3 is 1. The molecule has 78 valence electrons. The molecule has 0 saturated carbocycles. The van der Waals surface area contributed by atoms with E-state index >= 15 is 0 Å². The Balaban J connectivity index is 0.000000791. The van der Waals surface area contributed by atoms with Crippen molar-refractivity contribution in [3.05, 3.63) is 29.3 Å². The summed E-state index contributed by atoms with van der Waals surface area (Å²) in [6.45, 7) is 5.74. The van der Waals surface area contributed by atoms with E-state index in [2.05, 4.69) is 4.74 Å². The summed E-state index contributed by atoms with van der Waals surface area (Å²) in [4.78, 5) is 11.1. The highest BCUT2D eigenvalue weighted by Crippen LogP contribution is 2.20. The van der Waals surface area contributed by atoms with Crippen molar-refractivity contribution in [2.45, 2.75) is 20.8 Å². The van der Waals surface area contributed by atoms with E-state index in [1.807, 2.05) is 13.8 Å². The standard InChI is InChI=1S/C9H10O3.C2H6/c1-6-4-3-5-7(10)8(6)9(11)12-2;1-2/h3-5,10H,1-2H3;1-2H3. The molecule has 0 radical (unpaired) electrons. The largest absolute Gasteiger partial charge is 0.507 e. The number of benzene rings is 1. The Morgan fingerprint density at radius 1 is 1.36 bits per heavy atom. The molecule has 3 heteroatoms. The quantitative estimate of drug-likeness (QED) is 0.702. The van der Waals surface area contributed by atoms with Gasteiger partial charge in [-0.15, -0.1) is 0 Å². The molecule has 0 bridgehead atoms. The van der Waals surface area contributed by atoms with Gasteiger partial charge in [-0.1, -0.05) is 26.0 Å². The summed E-state index contributed by atoms with van der Waals surface area (Å²) in [5, 5.41) is 9.29. The number of aryl methyl sites for hydroxylation is 1. The minimum Gasteiger partial charge on any atom is -0.507 e. The first-order chi connectivity index (χ1) is 6.66. The van der Waals surface area contributed by atoms with Crippen LogP contribution in [0.25, 0.3) is 0 Å². The van der Waals surface area contributed by atoms with Gasteiger partial charge in [0.15, 0.2) is 0 Å². The SMILES string of the molecule is CC.COC(=O)c1c(C)cccc1O. The predicted molar refractivity (Wildman–Crippen MR) is 55.5 cm³/mol. The van der Waals surface area contributed by atoms with Crippen LogP contribution in [0.15, 0.2) is 18.2 Å². The van der Waals surface area contributed by atoms with Gasteiger partial charge in [0.1, 0.15) is 11.3 Å². The van der Waals surface area contributed by atoms with E-state index in [0.717, 1.165) is 0 Å². The summed E-state index contributed by atoms with van der Waals surface area (Å²) in [6.07, 6.45) is 0. The average molecular weight is 196 g/mol. The Kier molecular flexibility index (Phi) is 5.37. The van der Waals surface area contributed by atoms with Crippen LogP contribution in [0.4, 0.5) is 0 Å². The molecule has 0 heterocycles. The smallest absolute Gasteiger partial charge is 0.341 e. The summed E-state index contributed by atoms with van der Waals surface area (Å²) in [6, 6.07) is 4.88. The summed E-state index contributed by atoms with van der Waals surface area (Å²) in [7, 11) is 1.29. The fraction of sp³-hybridized carbons (Fsp3) is 0.364. The summed E-state index contributed by atoms with van der Waals surface area (Å²) >= 11 is 0. The van der Waals surface area contributed by atoms with E-state index in [-0.39, 0.29) is 11.3 Å². The third-order valence-corrected chi connectivity index (χ3v) is 1.64. The van der Waals surface area contributed by atoms with E-state index < -0.39 is 5.97 Å². The maximum atomic E-state index is 11.1. The summed E-state index contributed by atoms with van der Waals surface area (Å²) in [5.41, 5.74) is 0.946. The maximum Gasteiger partial charge on any atom is 0.341 e. The van der Waals surface area contributed by atoms with E-state index in [9.17, 15) is 9.90 Å². The lowest BCUT2D eigenvalue weighted by Crippen LogP contribution is -2.03. The molecule has 1 aromatic carbocycles. The molecule has 0 aromatic heterocycles. The van der Waals surface area contributed by atoms with Crippen LogP contribution in [0.3, 0.4) is 0 Å². The number of hydrogen-bond acceptors (Lipinski definition) is 3. The number of esters is 1. The fourth-order valence-electron chi connectivity index (χ4n) is 1.02. The molecular formula is C11H16O3. The second-order valence-electron chi connectivity index (χ2n) is 2.46. The number of carbonyl (C=O) groups excluding carboxylic acids is 1. The van der Waals surface area contributed by atoms with E-state index in [1.165, 1.54) is 13.2 Å². The van der Waals surface area contributed by atoms with Gasteiger partial charge in [-0.3, -0.25) is 0 Å². The lowest BCUT2D eigenvalue weighted by atomic mass is 10.1. The Morgan fingerprint density at radius 3 is 2.36 bits per heavy atom. The monoisotopic (exact) mass is 196 g/mol. The molecule has 1 rings (SSSR count). The number of hydrogen-bond donors (Lipinski definition) is 1. The molecule has 0 fully saturated rings. The van der Waals surface area contributed by atoms with Gasteiger partial charge in [0.05, 0.1) is 7.11 Å². The Bertz CT molecular complexity index is 285. The molecule has 3 nitrogen and oxygen atoms in total. The van der Waals surface area contributed by atoms with Crippen LogP contribution >= 0.6 is 0 Å². The molecule has 0 amide bonds. The lowest BCUT2D eigenvalue weighted by molar-refractivity contribution is 0.0596. The molecule has 1 N–H and O–H groups in total. The minimum atomic E-state index is -0.509. The van der Waals surface area contributed by atoms with E-state index in [0.29, 0.717) is 5.56 Å². The summed E-state index contributed by atoms with van der Waals surface area (Å²) < 4.78 is 4.50. The molecule has 0 unspecified atom stereocenters. The molecule has 0 saturated heterocycles. The second kappa shape index (κ2) is 6.02. The van der Waals surface area contributed by atoms with Gasteiger partial charge in [-0.05, 0) is 18.6 Å². The molecule has 1 aromatic rings. The number of phenolic OH excluding ortho intramolecular Hbond substituents is 1. The van der Waals surface area contributed by atoms with Crippen molar-refractivity contribution in [3.8, 4) is 5.75 Å². The zero-order valence-corrected chi connectivity index (χ0v) is 9.00.